The van der Waals surface area contributed by atoms with Crippen LogP contribution in [0.1, 0.15) is 22.3 Å². The lowest BCUT2D eigenvalue weighted by molar-refractivity contribution is 0.0881. The molecule has 4 heteroatoms. The van der Waals surface area contributed by atoms with Crippen molar-refractivity contribution in [2.24, 2.45) is 0 Å². The number of carbonyl (C=O) groups is 1. The number of Topliss-reactive ketones (excluding diaryl/α,β-unsaturated/α-hetero) is 1. The number of aryl methyl sites for hydroxylation is 1. The van der Waals surface area contributed by atoms with Gasteiger partial charge in [-0.2, -0.15) is 0 Å². The van der Waals surface area contributed by atoms with E-state index >= 15 is 0 Å². The fourth-order valence-electron chi connectivity index (χ4n) is 1.64. The molecule has 0 bridgehead atoms. The van der Waals surface area contributed by atoms with E-state index in [4.69, 9.17) is 0 Å². The van der Waals surface area contributed by atoms with Gasteiger partial charge in [0.1, 0.15) is 0 Å². The predicted molar refractivity (Wildman–Crippen MR) is 63.6 cm³/mol. The first-order valence-corrected chi connectivity index (χ1v) is 5.56. The first-order valence-electron chi connectivity index (χ1n) is 5.56. The number of benzene rings is 1. The Balaban J connectivity index is 2.48. The van der Waals surface area contributed by atoms with E-state index in [9.17, 15) is 13.6 Å². The molecule has 0 aromatic heterocycles. The maximum atomic E-state index is 12.1. The molecule has 2 nitrogen and oxygen atoms in total. The van der Waals surface area contributed by atoms with E-state index in [1.54, 1.807) is 13.1 Å². The van der Waals surface area contributed by atoms with E-state index in [1.807, 2.05) is 25.1 Å². The van der Waals surface area contributed by atoms with Crippen LogP contribution in [0, 0.1) is 6.92 Å². The molecule has 1 aromatic carbocycles. The van der Waals surface area contributed by atoms with Crippen LogP contribution in [0.25, 0.3) is 0 Å². The third-order valence-corrected chi connectivity index (χ3v) is 2.62. The van der Waals surface area contributed by atoms with Crippen LogP contribution in [0.4, 0.5) is 8.78 Å². The number of ketones is 1. The van der Waals surface area contributed by atoms with Crippen molar-refractivity contribution in [1.82, 2.24) is 4.90 Å². The maximum absolute atomic E-state index is 12.1. The molecule has 0 amide bonds. The molecule has 0 heterocycles. The number of rotatable bonds is 6. The smallest absolute Gasteiger partial charge is 0.251 e. The fraction of sp³-hybridized carbons (Fsp3) is 0.462. The third kappa shape index (κ3) is 4.61. The van der Waals surface area contributed by atoms with Crippen LogP contribution in [0.5, 0.6) is 0 Å². The maximum Gasteiger partial charge on any atom is 0.251 e. The number of hydrogen-bond donors (Lipinski definition) is 0. The lowest BCUT2D eigenvalue weighted by Crippen LogP contribution is -2.27. The molecule has 17 heavy (non-hydrogen) atoms. The highest BCUT2D eigenvalue weighted by Crippen LogP contribution is 2.10. The highest BCUT2D eigenvalue weighted by Gasteiger charge is 2.12. The zero-order valence-electron chi connectivity index (χ0n) is 10.1. The lowest BCUT2D eigenvalue weighted by atomic mass is 10.0. The summed E-state index contributed by atoms with van der Waals surface area (Å²) in [5.74, 6) is 0.00390. The summed E-state index contributed by atoms with van der Waals surface area (Å²) in [6, 6.07) is 7.32. The van der Waals surface area contributed by atoms with Crippen LogP contribution < -0.4 is 0 Å². The third-order valence-electron chi connectivity index (χ3n) is 2.62. The minimum atomic E-state index is -2.35. The van der Waals surface area contributed by atoms with Gasteiger partial charge in [-0.1, -0.05) is 24.3 Å². The van der Waals surface area contributed by atoms with Crippen LogP contribution in [-0.4, -0.2) is 37.2 Å². The molecular formula is C13H17F2NO. The molecular weight excluding hydrogens is 224 g/mol. The fourth-order valence-corrected chi connectivity index (χ4v) is 1.64. The molecule has 0 spiro atoms. The summed E-state index contributed by atoms with van der Waals surface area (Å²) in [5, 5.41) is 0. The average molecular weight is 241 g/mol. The Morgan fingerprint density at radius 1 is 1.35 bits per heavy atom. The second-order valence-corrected chi connectivity index (χ2v) is 4.14. The highest BCUT2D eigenvalue weighted by atomic mass is 19.3. The van der Waals surface area contributed by atoms with Gasteiger partial charge in [-0.25, -0.2) is 8.78 Å². The summed E-state index contributed by atoms with van der Waals surface area (Å²) in [7, 11) is 1.59. The van der Waals surface area contributed by atoms with Crippen molar-refractivity contribution in [3.05, 3.63) is 35.4 Å². The molecule has 0 N–H and O–H groups in total. The van der Waals surface area contributed by atoms with E-state index in [1.165, 1.54) is 4.90 Å². The zero-order valence-corrected chi connectivity index (χ0v) is 10.1. The molecule has 0 aliphatic heterocycles. The van der Waals surface area contributed by atoms with Gasteiger partial charge in [0, 0.05) is 18.5 Å². The van der Waals surface area contributed by atoms with E-state index in [-0.39, 0.29) is 18.7 Å². The molecule has 0 saturated carbocycles. The standard InChI is InChI=1S/C13H17F2NO/c1-10-5-3-4-6-11(10)12(17)7-8-16(2)9-13(14)15/h3-6,13H,7-9H2,1-2H3. The quantitative estimate of drug-likeness (QED) is 0.714. The summed E-state index contributed by atoms with van der Waals surface area (Å²) in [4.78, 5) is 13.3. The van der Waals surface area contributed by atoms with Crippen molar-refractivity contribution >= 4 is 5.78 Å². The van der Waals surface area contributed by atoms with Crippen molar-refractivity contribution in [3.63, 3.8) is 0 Å². The van der Waals surface area contributed by atoms with Gasteiger partial charge < -0.3 is 4.90 Å². The Morgan fingerprint density at radius 2 is 2.00 bits per heavy atom. The van der Waals surface area contributed by atoms with Gasteiger partial charge in [0.05, 0.1) is 6.54 Å². The normalized spacial score (nSPS) is 11.2. The Morgan fingerprint density at radius 3 is 2.59 bits per heavy atom. The van der Waals surface area contributed by atoms with Crippen molar-refractivity contribution < 1.29 is 13.6 Å². The van der Waals surface area contributed by atoms with Crippen molar-refractivity contribution in [1.29, 1.82) is 0 Å². The molecule has 1 aromatic rings. The Bertz CT molecular complexity index is 379. The molecule has 0 radical (unpaired) electrons. The number of alkyl halides is 2. The Hall–Kier alpha value is -1.29. The number of carbonyl (C=O) groups excluding carboxylic acids is 1. The van der Waals surface area contributed by atoms with E-state index < -0.39 is 6.43 Å². The van der Waals surface area contributed by atoms with Gasteiger partial charge in [0.15, 0.2) is 5.78 Å². The van der Waals surface area contributed by atoms with Gasteiger partial charge in [0.2, 0.25) is 0 Å². The zero-order chi connectivity index (χ0) is 12.8. The predicted octanol–water partition coefficient (Wildman–Crippen LogP) is 2.76. The Labute approximate surface area is 100 Å². The number of halogens is 2. The van der Waals surface area contributed by atoms with Gasteiger partial charge in [-0.05, 0) is 19.5 Å². The molecule has 94 valence electrons. The number of hydrogen-bond acceptors (Lipinski definition) is 2. The van der Waals surface area contributed by atoms with Crippen LogP contribution in [-0.2, 0) is 0 Å². The molecule has 0 fully saturated rings. The van der Waals surface area contributed by atoms with Crippen LogP contribution in [0.2, 0.25) is 0 Å². The van der Waals surface area contributed by atoms with Crippen molar-refractivity contribution in [2.45, 2.75) is 19.8 Å². The largest absolute Gasteiger partial charge is 0.300 e. The summed E-state index contributed by atoms with van der Waals surface area (Å²) >= 11 is 0. The molecule has 0 saturated heterocycles. The minimum Gasteiger partial charge on any atom is -0.300 e. The monoisotopic (exact) mass is 241 g/mol. The molecule has 0 unspecified atom stereocenters. The molecule has 0 aliphatic carbocycles. The molecule has 1 rings (SSSR count). The second kappa shape index (κ2) is 6.45. The lowest BCUT2D eigenvalue weighted by Gasteiger charge is -2.15. The summed E-state index contributed by atoms with van der Waals surface area (Å²) in [6.45, 7) is 1.94. The number of nitrogens with zero attached hydrogens (tertiary/aromatic N) is 1. The van der Waals surface area contributed by atoms with E-state index in [2.05, 4.69) is 0 Å². The summed E-state index contributed by atoms with van der Waals surface area (Å²) in [5.41, 5.74) is 1.60. The minimum absolute atomic E-state index is 0.00390. The second-order valence-electron chi connectivity index (χ2n) is 4.14. The molecule has 0 aliphatic rings. The topological polar surface area (TPSA) is 20.3 Å². The SMILES string of the molecule is Cc1ccccc1C(=O)CCN(C)CC(F)F. The van der Waals surface area contributed by atoms with Gasteiger partial charge in [0.25, 0.3) is 6.43 Å². The Kier molecular flexibility index (Phi) is 5.22. The summed E-state index contributed by atoms with van der Waals surface area (Å²) in [6.07, 6.45) is -2.08. The van der Waals surface area contributed by atoms with Gasteiger partial charge >= 0.3 is 0 Å². The average Bonchev–Trinajstić information content (AvgIpc) is 2.25. The van der Waals surface area contributed by atoms with E-state index in [0.717, 1.165) is 5.56 Å². The van der Waals surface area contributed by atoms with Crippen molar-refractivity contribution in [2.75, 3.05) is 20.1 Å². The van der Waals surface area contributed by atoms with Gasteiger partial charge in [-0.15, -0.1) is 0 Å². The van der Waals surface area contributed by atoms with Crippen LogP contribution in [0.3, 0.4) is 0 Å². The molecule has 0 atom stereocenters. The van der Waals surface area contributed by atoms with Gasteiger partial charge in [-0.3, -0.25) is 4.79 Å². The highest BCUT2D eigenvalue weighted by molar-refractivity contribution is 5.97. The summed E-state index contributed by atoms with van der Waals surface area (Å²) < 4.78 is 24.1. The first kappa shape index (κ1) is 13.8. The first-order chi connectivity index (χ1) is 8.00. The van der Waals surface area contributed by atoms with E-state index in [0.29, 0.717) is 12.1 Å². The van der Waals surface area contributed by atoms with Crippen LogP contribution in [0.15, 0.2) is 24.3 Å². The van der Waals surface area contributed by atoms with Crippen molar-refractivity contribution in [3.8, 4) is 0 Å². The van der Waals surface area contributed by atoms with Crippen LogP contribution >= 0.6 is 0 Å².